The Labute approximate surface area is 147 Å². The average molecular weight is 346 g/mol. The number of hydrogen-bond donors (Lipinski definition) is 0. The van der Waals surface area contributed by atoms with E-state index >= 15 is 0 Å². The summed E-state index contributed by atoms with van der Waals surface area (Å²) < 4.78 is 18.4. The lowest BCUT2D eigenvalue weighted by Crippen LogP contribution is -2.47. The van der Waals surface area contributed by atoms with Crippen LogP contribution in [-0.2, 0) is 14.3 Å². The number of piperidine rings is 1. The Kier molecular flexibility index (Phi) is 5.81. The van der Waals surface area contributed by atoms with Gasteiger partial charge in [-0.25, -0.2) is 4.39 Å². The number of hydrogen-bond acceptors (Lipinski definition) is 3. The van der Waals surface area contributed by atoms with E-state index in [4.69, 9.17) is 4.74 Å². The summed E-state index contributed by atoms with van der Waals surface area (Å²) >= 11 is 0. The van der Waals surface area contributed by atoms with Crippen molar-refractivity contribution in [3.8, 4) is 0 Å². The summed E-state index contributed by atoms with van der Waals surface area (Å²) in [5.41, 5.74) is 0.658. The van der Waals surface area contributed by atoms with Crippen LogP contribution in [0.5, 0.6) is 0 Å². The van der Waals surface area contributed by atoms with E-state index in [1.807, 2.05) is 4.90 Å². The second kappa shape index (κ2) is 8.25. The minimum atomic E-state index is -0.322. The standard InChI is InChI=1S/C19H23FN2O3/c20-17-3-1-2-15(14-17)4-5-18(23)21-8-6-16(7-9-21)19(24)22-10-12-25-13-11-22/h1-5,14,16H,6-13H2/b5-4+. The van der Waals surface area contributed by atoms with Gasteiger partial charge in [-0.05, 0) is 36.6 Å². The molecule has 0 aromatic heterocycles. The van der Waals surface area contributed by atoms with Gasteiger partial charge >= 0.3 is 0 Å². The summed E-state index contributed by atoms with van der Waals surface area (Å²) in [4.78, 5) is 28.4. The molecule has 2 amide bonds. The number of benzene rings is 1. The first-order valence-electron chi connectivity index (χ1n) is 8.72. The SMILES string of the molecule is O=C(/C=C/c1cccc(F)c1)N1CCC(C(=O)N2CCOCC2)CC1. The maximum Gasteiger partial charge on any atom is 0.246 e. The molecule has 0 saturated carbocycles. The Morgan fingerprint density at radius 3 is 2.48 bits per heavy atom. The fourth-order valence-corrected chi connectivity index (χ4v) is 3.27. The van der Waals surface area contributed by atoms with Crippen LogP contribution in [-0.4, -0.2) is 61.0 Å². The summed E-state index contributed by atoms with van der Waals surface area (Å²) in [6.07, 6.45) is 4.47. The fraction of sp³-hybridized carbons (Fsp3) is 0.474. The van der Waals surface area contributed by atoms with Crippen LogP contribution in [0.1, 0.15) is 18.4 Å². The molecule has 0 radical (unpaired) electrons. The van der Waals surface area contributed by atoms with Crippen molar-refractivity contribution in [3.05, 3.63) is 41.7 Å². The Morgan fingerprint density at radius 1 is 1.08 bits per heavy atom. The summed E-state index contributed by atoms with van der Waals surface area (Å²) in [6, 6.07) is 6.12. The quantitative estimate of drug-likeness (QED) is 0.786. The zero-order chi connectivity index (χ0) is 17.6. The first-order chi connectivity index (χ1) is 12.1. The van der Waals surface area contributed by atoms with Gasteiger partial charge in [0.15, 0.2) is 0 Å². The molecule has 0 atom stereocenters. The molecule has 6 heteroatoms. The molecule has 3 rings (SSSR count). The zero-order valence-electron chi connectivity index (χ0n) is 14.2. The van der Waals surface area contributed by atoms with Crippen molar-refractivity contribution < 1.29 is 18.7 Å². The van der Waals surface area contributed by atoms with Crippen molar-refractivity contribution in [1.82, 2.24) is 9.80 Å². The van der Waals surface area contributed by atoms with E-state index in [0.29, 0.717) is 57.8 Å². The van der Waals surface area contributed by atoms with Crippen LogP contribution in [0.3, 0.4) is 0 Å². The van der Waals surface area contributed by atoms with Crippen LogP contribution in [0.2, 0.25) is 0 Å². The fourth-order valence-electron chi connectivity index (χ4n) is 3.27. The maximum absolute atomic E-state index is 13.1. The molecule has 1 aromatic rings. The lowest BCUT2D eigenvalue weighted by Gasteiger charge is -2.35. The molecule has 2 fully saturated rings. The van der Waals surface area contributed by atoms with Crippen molar-refractivity contribution in [3.63, 3.8) is 0 Å². The number of nitrogens with zero attached hydrogens (tertiary/aromatic N) is 2. The van der Waals surface area contributed by atoms with Crippen molar-refractivity contribution in [2.75, 3.05) is 39.4 Å². The van der Waals surface area contributed by atoms with E-state index in [9.17, 15) is 14.0 Å². The van der Waals surface area contributed by atoms with Crippen LogP contribution >= 0.6 is 0 Å². The molecule has 2 aliphatic heterocycles. The molecule has 134 valence electrons. The number of carbonyl (C=O) groups excluding carboxylic acids is 2. The van der Waals surface area contributed by atoms with Crippen molar-refractivity contribution >= 4 is 17.9 Å². The topological polar surface area (TPSA) is 49.9 Å². The molecule has 5 nitrogen and oxygen atoms in total. The summed E-state index contributed by atoms with van der Waals surface area (Å²) in [6.45, 7) is 3.69. The molecular weight excluding hydrogens is 323 g/mol. The van der Waals surface area contributed by atoms with Gasteiger partial charge in [-0.2, -0.15) is 0 Å². The maximum atomic E-state index is 13.1. The highest BCUT2D eigenvalue weighted by Gasteiger charge is 2.30. The average Bonchev–Trinajstić information content (AvgIpc) is 2.66. The number of rotatable bonds is 3. The van der Waals surface area contributed by atoms with Gasteiger partial charge in [0.2, 0.25) is 11.8 Å². The van der Waals surface area contributed by atoms with E-state index in [2.05, 4.69) is 0 Å². The Balaban J connectivity index is 1.49. The van der Waals surface area contributed by atoms with Gasteiger partial charge in [0.1, 0.15) is 5.82 Å². The Hall–Kier alpha value is -2.21. The Morgan fingerprint density at radius 2 is 1.80 bits per heavy atom. The smallest absolute Gasteiger partial charge is 0.246 e. The van der Waals surface area contributed by atoms with Crippen molar-refractivity contribution in [2.45, 2.75) is 12.8 Å². The molecular formula is C19H23FN2O3. The molecule has 25 heavy (non-hydrogen) atoms. The van der Waals surface area contributed by atoms with Crippen molar-refractivity contribution in [1.29, 1.82) is 0 Å². The lowest BCUT2D eigenvalue weighted by atomic mass is 9.95. The third-order valence-electron chi connectivity index (χ3n) is 4.75. The molecule has 0 bridgehead atoms. The molecule has 0 aliphatic carbocycles. The predicted octanol–water partition coefficient (Wildman–Crippen LogP) is 1.94. The molecule has 0 unspecified atom stereocenters. The van der Waals surface area contributed by atoms with E-state index in [1.54, 1.807) is 23.1 Å². The lowest BCUT2D eigenvalue weighted by molar-refractivity contribution is -0.142. The highest BCUT2D eigenvalue weighted by atomic mass is 19.1. The molecule has 2 heterocycles. The molecule has 0 N–H and O–H groups in total. The van der Waals surface area contributed by atoms with Gasteiger partial charge < -0.3 is 14.5 Å². The molecule has 2 aliphatic rings. The number of halogens is 1. The molecule has 0 spiro atoms. The first-order valence-corrected chi connectivity index (χ1v) is 8.72. The monoisotopic (exact) mass is 346 g/mol. The zero-order valence-corrected chi connectivity index (χ0v) is 14.2. The van der Waals surface area contributed by atoms with Crippen LogP contribution in [0.25, 0.3) is 6.08 Å². The van der Waals surface area contributed by atoms with Crippen LogP contribution in [0, 0.1) is 11.7 Å². The molecule has 2 saturated heterocycles. The highest BCUT2D eigenvalue weighted by Crippen LogP contribution is 2.20. The van der Waals surface area contributed by atoms with E-state index in [1.165, 1.54) is 18.2 Å². The minimum Gasteiger partial charge on any atom is -0.378 e. The van der Waals surface area contributed by atoms with Gasteiger partial charge in [0.25, 0.3) is 0 Å². The second-order valence-corrected chi connectivity index (χ2v) is 6.43. The van der Waals surface area contributed by atoms with E-state index in [0.717, 1.165) is 0 Å². The largest absolute Gasteiger partial charge is 0.378 e. The van der Waals surface area contributed by atoms with E-state index < -0.39 is 0 Å². The third kappa shape index (κ3) is 4.66. The number of amides is 2. The number of carbonyl (C=O) groups is 2. The van der Waals surface area contributed by atoms with Crippen LogP contribution in [0.4, 0.5) is 4.39 Å². The van der Waals surface area contributed by atoms with Gasteiger partial charge in [-0.1, -0.05) is 12.1 Å². The minimum absolute atomic E-state index is 0.00523. The van der Waals surface area contributed by atoms with Crippen LogP contribution < -0.4 is 0 Å². The summed E-state index contributed by atoms with van der Waals surface area (Å²) in [5, 5.41) is 0. The van der Waals surface area contributed by atoms with Crippen LogP contribution in [0.15, 0.2) is 30.3 Å². The van der Waals surface area contributed by atoms with Gasteiger partial charge in [-0.3, -0.25) is 9.59 Å². The summed E-state index contributed by atoms with van der Waals surface area (Å²) in [5.74, 6) is -0.237. The van der Waals surface area contributed by atoms with Gasteiger partial charge in [0, 0.05) is 38.2 Å². The molecule has 1 aromatic carbocycles. The Bertz CT molecular complexity index is 648. The van der Waals surface area contributed by atoms with Gasteiger partial charge in [0.05, 0.1) is 13.2 Å². The summed E-state index contributed by atoms with van der Waals surface area (Å²) in [7, 11) is 0. The van der Waals surface area contributed by atoms with Gasteiger partial charge in [-0.15, -0.1) is 0 Å². The predicted molar refractivity (Wildman–Crippen MR) is 92.1 cm³/mol. The number of morpholine rings is 1. The number of ether oxygens (including phenoxy) is 1. The first kappa shape index (κ1) is 17.6. The second-order valence-electron chi connectivity index (χ2n) is 6.43. The highest BCUT2D eigenvalue weighted by molar-refractivity contribution is 5.92. The third-order valence-corrected chi connectivity index (χ3v) is 4.75. The van der Waals surface area contributed by atoms with Crippen molar-refractivity contribution in [2.24, 2.45) is 5.92 Å². The van der Waals surface area contributed by atoms with E-state index in [-0.39, 0.29) is 23.5 Å². The normalized spacial score (nSPS) is 19.4. The number of likely N-dealkylation sites (tertiary alicyclic amines) is 1.